The fourth-order valence-corrected chi connectivity index (χ4v) is 2.16. The van der Waals surface area contributed by atoms with Crippen LogP contribution in [0.15, 0.2) is 36.7 Å². The number of hydrogen-bond donors (Lipinski definition) is 2. The molecule has 2 aromatic rings. The van der Waals surface area contributed by atoms with Gasteiger partial charge in [-0.2, -0.15) is 0 Å². The molecule has 25 heavy (non-hydrogen) atoms. The van der Waals surface area contributed by atoms with Crippen LogP contribution in [0.3, 0.4) is 0 Å². The number of carbonyl (C=O) groups excluding carboxylic acids is 1. The van der Waals surface area contributed by atoms with Gasteiger partial charge >= 0.3 is 0 Å². The van der Waals surface area contributed by atoms with Crippen molar-refractivity contribution in [3.63, 3.8) is 0 Å². The van der Waals surface area contributed by atoms with Gasteiger partial charge in [-0.25, -0.2) is 9.97 Å². The van der Waals surface area contributed by atoms with Crippen molar-refractivity contribution in [1.29, 1.82) is 0 Å². The Hall–Kier alpha value is -2.67. The van der Waals surface area contributed by atoms with Gasteiger partial charge in [-0.3, -0.25) is 4.79 Å². The summed E-state index contributed by atoms with van der Waals surface area (Å²) in [5.41, 5.74) is 1.43. The van der Waals surface area contributed by atoms with Gasteiger partial charge in [0.25, 0.3) is 5.91 Å². The highest BCUT2D eigenvalue weighted by molar-refractivity contribution is 5.93. The summed E-state index contributed by atoms with van der Waals surface area (Å²) in [4.78, 5) is 22.6. The molecule has 0 fully saturated rings. The standard InChI is InChI=1S/C18H25N5O2/c1-23(2)10-4-9-19-18-21-12-15(13-22-18)17(24)20-11-14-5-7-16(25-3)8-6-14/h5-8,12-13H,4,9-11H2,1-3H3,(H,20,24)(H,19,21,22). The molecular formula is C18H25N5O2. The lowest BCUT2D eigenvalue weighted by molar-refractivity contribution is 0.0950. The Bertz CT molecular complexity index is 656. The van der Waals surface area contributed by atoms with Crippen molar-refractivity contribution in [3.8, 4) is 5.75 Å². The fraction of sp³-hybridized carbons (Fsp3) is 0.389. The summed E-state index contributed by atoms with van der Waals surface area (Å²) in [6.07, 6.45) is 4.07. The number of anilines is 1. The van der Waals surface area contributed by atoms with Crippen LogP contribution in [0.25, 0.3) is 0 Å². The van der Waals surface area contributed by atoms with Crippen LogP contribution in [-0.2, 0) is 6.54 Å². The van der Waals surface area contributed by atoms with Crippen LogP contribution >= 0.6 is 0 Å². The number of benzene rings is 1. The van der Waals surface area contributed by atoms with E-state index in [-0.39, 0.29) is 5.91 Å². The van der Waals surface area contributed by atoms with Crippen molar-refractivity contribution in [1.82, 2.24) is 20.2 Å². The van der Waals surface area contributed by atoms with E-state index in [9.17, 15) is 4.79 Å². The highest BCUT2D eigenvalue weighted by Crippen LogP contribution is 2.11. The van der Waals surface area contributed by atoms with Crippen LogP contribution in [0.2, 0.25) is 0 Å². The summed E-state index contributed by atoms with van der Waals surface area (Å²) >= 11 is 0. The Morgan fingerprint density at radius 1 is 1.16 bits per heavy atom. The van der Waals surface area contributed by atoms with E-state index >= 15 is 0 Å². The Morgan fingerprint density at radius 3 is 2.44 bits per heavy atom. The molecule has 0 saturated heterocycles. The summed E-state index contributed by atoms with van der Waals surface area (Å²) in [6.45, 7) is 2.23. The van der Waals surface area contributed by atoms with E-state index in [1.165, 1.54) is 12.4 Å². The van der Waals surface area contributed by atoms with Crippen molar-refractivity contribution >= 4 is 11.9 Å². The molecule has 0 saturated carbocycles. The zero-order chi connectivity index (χ0) is 18.1. The van der Waals surface area contributed by atoms with Gasteiger partial charge in [-0.05, 0) is 44.8 Å². The molecule has 1 aromatic carbocycles. The molecule has 0 aliphatic carbocycles. The van der Waals surface area contributed by atoms with Gasteiger partial charge in [-0.1, -0.05) is 12.1 Å². The third-order valence-corrected chi connectivity index (χ3v) is 3.59. The van der Waals surface area contributed by atoms with Crippen molar-refractivity contribution in [2.24, 2.45) is 0 Å². The number of methoxy groups -OCH3 is 1. The third kappa shape index (κ3) is 6.39. The van der Waals surface area contributed by atoms with Gasteiger partial charge in [0, 0.05) is 25.5 Å². The molecule has 0 aliphatic rings. The second-order valence-corrected chi connectivity index (χ2v) is 5.91. The Kier molecular flexibility index (Phi) is 7.16. The second kappa shape index (κ2) is 9.58. The Morgan fingerprint density at radius 2 is 1.84 bits per heavy atom. The normalized spacial score (nSPS) is 10.6. The Labute approximate surface area is 148 Å². The van der Waals surface area contributed by atoms with Crippen molar-refractivity contribution in [3.05, 3.63) is 47.8 Å². The molecule has 7 heteroatoms. The molecule has 0 atom stereocenters. The topological polar surface area (TPSA) is 79.4 Å². The predicted molar refractivity (Wildman–Crippen MR) is 97.9 cm³/mol. The number of amides is 1. The van der Waals surface area contributed by atoms with E-state index in [1.807, 2.05) is 38.4 Å². The van der Waals surface area contributed by atoms with Crippen molar-refractivity contribution < 1.29 is 9.53 Å². The quantitative estimate of drug-likeness (QED) is 0.676. The molecule has 134 valence electrons. The van der Waals surface area contributed by atoms with Crippen LogP contribution in [0.5, 0.6) is 5.75 Å². The number of ether oxygens (including phenoxy) is 1. The predicted octanol–water partition coefficient (Wildman–Crippen LogP) is 1.78. The number of carbonyl (C=O) groups is 1. The van der Waals surface area contributed by atoms with E-state index in [0.717, 1.165) is 30.8 Å². The fourth-order valence-electron chi connectivity index (χ4n) is 2.16. The van der Waals surface area contributed by atoms with E-state index in [1.54, 1.807) is 7.11 Å². The van der Waals surface area contributed by atoms with Gasteiger partial charge in [0.15, 0.2) is 0 Å². The van der Waals surface area contributed by atoms with E-state index < -0.39 is 0 Å². The number of hydrogen-bond acceptors (Lipinski definition) is 6. The zero-order valence-corrected chi connectivity index (χ0v) is 15.0. The highest BCUT2D eigenvalue weighted by Gasteiger charge is 2.07. The lowest BCUT2D eigenvalue weighted by Gasteiger charge is -2.10. The maximum absolute atomic E-state index is 12.1. The molecule has 2 rings (SSSR count). The minimum absolute atomic E-state index is 0.199. The largest absolute Gasteiger partial charge is 0.497 e. The number of aromatic nitrogens is 2. The lowest BCUT2D eigenvalue weighted by atomic mass is 10.2. The first-order valence-electron chi connectivity index (χ1n) is 8.20. The summed E-state index contributed by atoms with van der Waals surface area (Å²) in [5.74, 6) is 1.12. The minimum Gasteiger partial charge on any atom is -0.497 e. The monoisotopic (exact) mass is 343 g/mol. The number of nitrogens with one attached hydrogen (secondary N) is 2. The van der Waals surface area contributed by atoms with Gasteiger partial charge in [-0.15, -0.1) is 0 Å². The molecule has 7 nitrogen and oxygen atoms in total. The summed E-state index contributed by atoms with van der Waals surface area (Å²) in [6, 6.07) is 7.55. The van der Waals surface area contributed by atoms with Crippen LogP contribution in [-0.4, -0.2) is 55.1 Å². The highest BCUT2D eigenvalue weighted by atomic mass is 16.5. The average molecular weight is 343 g/mol. The van der Waals surface area contributed by atoms with Crippen LogP contribution < -0.4 is 15.4 Å². The van der Waals surface area contributed by atoms with Gasteiger partial charge in [0.05, 0.1) is 12.7 Å². The summed E-state index contributed by atoms with van der Waals surface area (Å²) in [7, 11) is 5.70. The Balaban J connectivity index is 1.79. The van der Waals surface area contributed by atoms with Crippen LogP contribution in [0.1, 0.15) is 22.3 Å². The third-order valence-electron chi connectivity index (χ3n) is 3.59. The van der Waals surface area contributed by atoms with E-state index in [4.69, 9.17) is 4.74 Å². The molecule has 0 bridgehead atoms. The average Bonchev–Trinajstić information content (AvgIpc) is 2.64. The molecule has 0 aliphatic heterocycles. The molecule has 0 unspecified atom stereocenters. The zero-order valence-electron chi connectivity index (χ0n) is 15.0. The number of nitrogens with zero attached hydrogens (tertiary/aromatic N) is 3. The lowest BCUT2D eigenvalue weighted by Crippen LogP contribution is -2.23. The van der Waals surface area contributed by atoms with Gasteiger partial charge < -0.3 is 20.3 Å². The van der Waals surface area contributed by atoms with Gasteiger partial charge in [0.1, 0.15) is 5.75 Å². The first-order valence-corrected chi connectivity index (χ1v) is 8.20. The van der Waals surface area contributed by atoms with Crippen molar-refractivity contribution in [2.45, 2.75) is 13.0 Å². The first kappa shape index (κ1) is 18.7. The summed E-state index contributed by atoms with van der Waals surface area (Å²) in [5, 5.41) is 5.99. The molecular weight excluding hydrogens is 318 g/mol. The van der Waals surface area contributed by atoms with E-state index in [2.05, 4.69) is 25.5 Å². The SMILES string of the molecule is COc1ccc(CNC(=O)c2cnc(NCCCN(C)C)nc2)cc1. The number of rotatable bonds is 9. The molecule has 1 heterocycles. The first-order chi connectivity index (χ1) is 12.1. The molecule has 0 spiro atoms. The smallest absolute Gasteiger partial charge is 0.254 e. The minimum atomic E-state index is -0.199. The maximum Gasteiger partial charge on any atom is 0.254 e. The van der Waals surface area contributed by atoms with Gasteiger partial charge in [0.2, 0.25) is 5.95 Å². The van der Waals surface area contributed by atoms with Crippen LogP contribution in [0.4, 0.5) is 5.95 Å². The molecule has 1 amide bonds. The molecule has 1 aromatic heterocycles. The summed E-state index contributed by atoms with van der Waals surface area (Å²) < 4.78 is 5.11. The molecule has 0 radical (unpaired) electrons. The second-order valence-electron chi connectivity index (χ2n) is 5.91. The maximum atomic E-state index is 12.1. The van der Waals surface area contributed by atoms with Crippen molar-refractivity contribution in [2.75, 3.05) is 39.6 Å². The van der Waals surface area contributed by atoms with E-state index in [0.29, 0.717) is 18.1 Å². The molecule has 2 N–H and O–H groups in total. The van der Waals surface area contributed by atoms with Crippen LogP contribution in [0, 0.1) is 0 Å².